The van der Waals surface area contributed by atoms with E-state index in [9.17, 15) is 4.79 Å². The van der Waals surface area contributed by atoms with E-state index in [1.165, 1.54) is 11.1 Å². The first-order valence-electron chi connectivity index (χ1n) is 6.62. The quantitative estimate of drug-likeness (QED) is 0.888. The van der Waals surface area contributed by atoms with Gasteiger partial charge in [0, 0.05) is 13.1 Å². The fourth-order valence-corrected chi connectivity index (χ4v) is 2.64. The molecule has 0 aromatic heterocycles. The minimum atomic E-state index is -0.122. The zero-order valence-electron chi connectivity index (χ0n) is 11.4. The molecule has 0 radical (unpaired) electrons. The summed E-state index contributed by atoms with van der Waals surface area (Å²) in [5, 5.41) is 0. The van der Waals surface area contributed by atoms with Crippen molar-refractivity contribution in [1.29, 1.82) is 0 Å². The first kappa shape index (κ1) is 13.1. The van der Waals surface area contributed by atoms with Crippen LogP contribution in [-0.2, 0) is 11.2 Å². The summed E-state index contributed by atoms with van der Waals surface area (Å²) in [7, 11) is 1.90. The normalized spacial score (nSPS) is 21.2. The first-order valence-corrected chi connectivity index (χ1v) is 6.62. The Kier molecular flexibility index (Phi) is 3.71. The second-order valence-corrected chi connectivity index (χ2v) is 5.35. The van der Waals surface area contributed by atoms with Gasteiger partial charge in [-0.05, 0) is 30.9 Å². The summed E-state index contributed by atoms with van der Waals surface area (Å²) in [6.45, 7) is 3.79. The summed E-state index contributed by atoms with van der Waals surface area (Å²) in [5.41, 5.74) is 8.49. The van der Waals surface area contributed by atoms with Crippen LogP contribution < -0.4 is 5.73 Å². The summed E-state index contributed by atoms with van der Waals surface area (Å²) in [6, 6.07) is 8.51. The maximum Gasteiger partial charge on any atom is 0.227 e. The van der Waals surface area contributed by atoms with Crippen LogP contribution in [0.15, 0.2) is 24.3 Å². The van der Waals surface area contributed by atoms with Gasteiger partial charge in [0.05, 0.1) is 12.0 Å². The van der Waals surface area contributed by atoms with E-state index in [-0.39, 0.29) is 23.9 Å². The molecule has 1 aromatic rings. The van der Waals surface area contributed by atoms with Gasteiger partial charge in [0.1, 0.15) is 0 Å². The van der Waals surface area contributed by atoms with Crippen molar-refractivity contribution >= 4 is 5.91 Å². The number of hydrogen-bond donors (Lipinski definition) is 1. The fraction of sp³-hybridized carbons (Fsp3) is 0.533. The maximum atomic E-state index is 12.3. The van der Waals surface area contributed by atoms with Crippen LogP contribution in [0.3, 0.4) is 0 Å². The molecule has 0 fully saturated rings. The summed E-state index contributed by atoms with van der Waals surface area (Å²) < 4.78 is 0. The number of amides is 1. The second-order valence-electron chi connectivity index (χ2n) is 5.35. The molecule has 18 heavy (non-hydrogen) atoms. The van der Waals surface area contributed by atoms with Gasteiger partial charge < -0.3 is 10.6 Å². The highest BCUT2D eigenvalue weighted by Crippen LogP contribution is 2.35. The second kappa shape index (κ2) is 5.11. The number of fused-ring (bicyclic) bond motifs is 1. The maximum absolute atomic E-state index is 12.3. The molecule has 0 bridgehead atoms. The molecule has 2 rings (SSSR count). The summed E-state index contributed by atoms with van der Waals surface area (Å²) in [4.78, 5) is 14.2. The van der Waals surface area contributed by atoms with Crippen molar-refractivity contribution in [3.8, 4) is 0 Å². The van der Waals surface area contributed by atoms with Crippen molar-refractivity contribution in [3.05, 3.63) is 35.4 Å². The lowest BCUT2D eigenvalue weighted by Gasteiger charge is -2.29. The predicted octanol–water partition coefficient (Wildman–Crippen LogP) is 2.12. The van der Waals surface area contributed by atoms with Crippen molar-refractivity contribution in [2.75, 3.05) is 7.05 Å². The lowest BCUT2D eigenvalue weighted by Crippen LogP contribution is -2.41. The predicted molar refractivity (Wildman–Crippen MR) is 73.1 cm³/mol. The van der Waals surface area contributed by atoms with Crippen molar-refractivity contribution < 1.29 is 4.79 Å². The van der Waals surface area contributed by atoms with E-state index in [0.29, 0.717) is 0 Å². The van der Waals surface area contributed by atoms with Crippen molar-refractivity contribution in [2.45, 2.75) is 38.8 Å². The molecule has 3 atom stereocenters. The van der Waals surface area contributed by atoms with Crippen molar-refractivity contribution in [2.24, 2.45) is 11.7 Å². The number of carbonyl (C=O) groups is 1. The van der Waals surface area contributed by atoms with Gasteiger partial charge in [-0.1, -0.05) is 31.2 Å². The molecule has 0 saturated heterocycles. The molecule has 0 aliphatic heterocycles. The Morgan fingerprint density at radius 2 is 2.06 bits per heavy atom. The molecular formula is C15H22N2O. The largest absolute Gasteiger partial charge is 0.338 e. The van der Waals surface area contributed by atoms with E-state index < -0.39 is 0 Å². The van der Waals surface area contributed by atoms with Gasteiger partial charge in [0.2, 0.25) is 5.91 Å². The minimum Gasteiger partial charge on any atom is -0.338 e. The number of benzene rings is 1. The van der Waals surface area contributed by atoms with E-state index in [1.54, 1.807) is 0 Å². The molecule has 98 valence electrons. The van der Waals surface area contributed by atoms with Gasteiger partial charge in [-0.3, -0.25) is 4.79 Å². The molecule has 2 N–H and O–H groups in total. The average molecular weight is 246 g/mol. The van der Waals surface area contributed by atoms with Crippen molar-refractivity contribution in [1.82, 2.24) is 4.90 Å². The van der Waals surface area contributed by atoms with Crippen LogP contribution in [0.2, 0.25) is 0 Å². The third-order valence-corrected chi connectivity index (χ3v) is 4.09. The van der Waals surface area contributed by atoms with Crippen LogP contribution in [0, 0.1) is 5.92 Å². The van der Waals surface area contributed by atoms with Crippen molar-refractivity contribution in [3.63, 3.8) is 0 Å². The SMILES string of the molecule is CC(N)C(C)C(=O)N(C)C1CCc2ccccc21. The van der Waals surface area contributed by atoms with Gasteiger partial charge in [0.25, 0.3) is 0 Å². The highest BCUT2D eigenvalue weighted by Gasteiger charge is 2.31. The molecule has 3 unspecified atom stereocenters. The van der Waals surface area contributed by atoms with E-state index >= 15 is 0 Å². The summed E-state index contributed by atoms with van der Waals surface area (Å²) in [6.07, 6.45) is 2.08. The Hall–Kier alpha value is -1.35. The average Bonchev–Trinajstić information content (AvgIpc) is 2.79. The molecule has 0 saturated carbocycles. The lowest BCUT2D eigenvalue weighted by atomic mass is 10.0. The van der Waals surface area contributed by atoms with Gasteiger partial charge in [-0.25, -0.2) is 0 Å². The van der Waals surface area contributed by atoms with E-state index in [0.717, 1.165) is 12.8 Å². The Labute approximate surface area is 109 Å². The Morgan fingerprint density at radius 3 is 2.72 bits per heavy atom. The Bertz CT molecular complexity index is 442. The molecule has 0 heterocycles. The highest BCUT2D eigenvalue weighted by molar-refractivity contribution is 5.79. The monoisotopic (exact) mass is 246 g/mol. The fourth-order valence-electron chi connectivity index (χ4n) is 2.64. The third-order valence-electron chi connectivity index (χ3n) is 4.09. The Morgan fingerprint density at radius 1 is 1.39 bits per heavy atom. The molecule has 1 aliphatic carbocycles. The molecular weight excluding hydrogens is 224 g/mol. The van der Waals surface area contributed by atoms with E-state index in [1.807, 2.05) is 31.9 Å². The van der Waals surface area contributed by atoms with Crippen LogP contribution in [0.4, 0.5) is 0 Å². The van der Waals surface area contributed by atoms with Gasteiger partial charge in [0.15, 0.2) is 0 Å². The number of nitrogens with zero attached hydrogens (tertiary/aromatic N) is 1. The number of nitrogens with two attached hydrogens (primary N) is 1. The molecule has 0 spiro atoms. The summed E-state index contributed by atoms with van der Waals surface area (Å²) in [5.74, 6) is 0.0227. The Balaban J connectivity index is 2.16. The number of aryl methyl sites for hydroxylation is 1. The third kappa shape index (κ3) is 2.27. The van der Waals surface area contributed by atoms with Crippen LogP contribution in [0.5, 0.6) is 0 Å². The van der Waals surface area contributed by atoms with E-state index in [2.05, 4.69) is 18.2 Å². The lowest BCUT2D eigenvalue weighted by molar-refractivity contribution is -0.136. The van der Waals surface area contributed by atoms with Crippen LogP contribution in [0.1, 0.15) is 37.4 Å². The van der Waals surface area contributed by atoms with Gasteiger partial charge in [-0.2, -0.15) is 0 Å². The van der Waals surface area contributed by atoms with Crippen LogP contribution in [0.25, 0.3) is 0 Å². The molecule has 1 amide bonds. The zero-order valence-corrected chi connectivity index (χ0v) is 11.4. The summed E-state index contributed by atoms with van der Waals surface area (Å²) >= 11 is 0. The first-order chi connectivity index (χ1) is 8.52. The number of hydrogen-bond acceptors (Lipinski definition) is 2. The minimum absolute atomic E-state index is 0.100. The molecule has 3 nitrogen and oxygen atoms in total. The topological polar surface area (TPSA) is 46.3 Å². The van der Waals surface area contributed by atoms with Gasteiger partial charge in [-0.15, -0.1) is 0 Å². The van der Waals surface area contributed by atoms with E-state index in [4.69, 9.17) is 5.73 Å². The smallest absolute Gasteiger partial charge is 0.227 e. The molecule has 1 aliphatic rings. The number of rotatable bonds is 3. The van der Waals surface area contributed by atoms with Crippen LogP contribution >= 0.6 is 0 Å². The molecule has 1 aromatic carbocycles. The van der Waals surface area contributed by atoms with Crippen LogP contribution in [-0.4, -0.2) is 23.9 Å². The zero-order chi connectivity index (χ0) is 13.3. The molecule has 3 heteroatoms. The number of carbonyl (C=O) groups excluding carboxylic acids is 1. The van der Waals surface area contributed by atoms with Gasteiger partial charge >= 0.3 is 0 Å². The standard InChI is InChI=1S/C15H22N2O/c1-10(11(2)16)15(18)17(3)14-9-8-12-6-4-5-7-13(12)14/h4-7,10-11,14H,8-9,16H2,1-3H3. The highest BCUT2D eigenvalue weighted by atomic mass is 16.2.